The number of carbonyl (C=O) groups excluding carboxylic acids is 1. The Hall–Kier alpha value is -3.73. The number of benzene rings is 3. The molecule has 1 heterocycles. The normalized spacial score (nSPS) is 15.4. The zero-order chi connectivity index (χ0) is 18.5. The van der Waals surface area contributed by atoms with Crippen molar-refractivity contribution in [2.24, 2.45) is 10.1 Å². The molecule has 2 N–H and O–H groups in total. The summed E-state index contributed by atoms with van der Waals surface area (Å²) < 4.78 is 0. The van der Waals surface area contributed by atoms with Gasteiger partial charge in [-0.15, -0.1) is 0 Å². The third-order valence-electron chi connectivity index (χ3n) is 4.41. The van der Waals surface area contributed by atoms with E-state index < -0.39 is 5.54 Å². The first-order valence-corrected chi connectivity index (χ1v) is 8.65. The van der Waals surface area contributed by atoms with Crippen LogP contribution in [0.25, 0.3) is 0 Å². The Bertz CT molecular complexity index is 943. The largest absolute Gasteiger partial charge is 0.292 e. The molecule has 0 saturated carbocycles. The van der Waals surface area contributed by atoms with Gasteiger partial charge >= 0.3 is 0 Å². The van der Waals surface area contributed by atoms with Crippen LogP contribution in [0.15, 0.2) is 101 Å². The first-order chi connectivity index (χ1) is 13.3. The summed E-state index contributed by atoms with van der Waals surface area (Å²) in [4.78, 5) is 17.7. The van der Waals surface area contributed by atoms with Crippen molar-refractivity contribution in [3.8, 4) is 0 Å². The van der Waals surface area contributed by atoms with Gasteiger partial charge in [-0.25, -0.2) is 10.4 Å². The number of hydrogen-bond acceptors (Lipinski definition) is 4. The predicted octanol–water partition coefficient (Wildman–Crippen LogP) is 3.04. The van der Waals surface area contributed by atoms with E-state index in [9.17, 15) is 4.79 Å². The van der Waals surface area contributed by atoms with Crippen molar-refractivity contribution in [3.05, 3.63) is 108 Å². The van der Waals surface area contributed by atoms with Crippen molar-refractivity contribution in [3.63, 3.8) is 0 Å². The molecule has 5 heteroatoms. The lowest BCUT2D eigenvalue weighted by Crippen LogP contribution is -2.40. The van der Waals surface area contributed by atoms with Crippen LogP contribution in [0.3, 0.4) is 0 Å². The van der Waals surface area contributed by atoms with Gasteiger partial charge < -0.3 is 0 Å². The summed E-state index contributed by atoms with van der Waals surface area (Å²) in [5.74, 6) is 0.109. The third-order valence-corrected chi connectivity index (χ3v) is 4.41. The van der Waals surface area contributed by atoms with Gasteiger partial charge in [0.15, 0.2) is 5.54 Å². The monoisotopic (exact) mass is 354 g/mol. The van der Waals surface area contributed by atoms with E-state index in [1.54, 1.807) is 6.21 Å². The molecule has 0 atom stereocenters. The zero-order valence-corrected chi connectivity index (χ0v) is 14.5. The van der Waals surface area contributed by atoms with E-state index in [0.29, 0.717) is 5.96 Å². The minimum absolute atomic E-state index is 0.211. The molecular formula is C22H18N4O. The van der Waals surface area contributed by atoms with Crippen LogP contribution in [0, 0.1) is 0 Å². The summed E-state index contributed by atoms with van der Waals surface area (Å²) in [6.45, 7) is 0. The summed E-state index contributed by atoms with van der Waals surface area (Å²) in [7, 11) is 0. The third kappa shape index (κ3) is 3.22. The summed E-state index contributed by atoms with van der Waals surface area (Å²) in [6.07, 6.45) is 1.68. The van der Waals surface area contributed by atoms with Gasteiger partial charge in [-0.3, -0.25) is 10.1 Å². The molecule has 4 rings (SSSR count). The number of carbonyl (C=O) groups is 1. The first-order valence-electron chi connectivity index (χ1n) is 8.65. The Balaban J connectivity index is 1.69. The molecule has 3 aromatic carbocycles. The van der Waals surface area contributed by atoms with Crippen molar-refractivity contribution in [2.45, 2.75) is 5.54 Å². The SMILES string of the molecule is O=C1NC(N/N=C/c2ccccc2)=NC1(c1ccccc1)c1ccccc1. The van der Waals surface area contributed by atoms with Crippen molar-refractivity contribution >= 4 is 18.1 Å². The fourth-order valence-corrected chi connectivity index (χ4v) is 3.12. The van der Waals surface area contributed by atoms with E-state index in [1.807, 2.05) is 91.0 Å². The lowest BCUT2D eigenvalue weighted by molar-refractivity contribution is -0.122. The highest BCUT2D eigenvalue weighted by Crippen LogP contribution is 2.36. The van der Waals surface area contributed by atoms with Gasteiger partial charge in [0.2, 0.25) is 5.96 Å². The minimum Gasteiger partial charge on any atom is -0.292 e. The average molecular weight is 354 g/mol. The molecule has 0 unspecified atom stereocenters. The van der Waals surface area contributed by atoms with Crippen molar-refractivity contribution in [1.29, 1.82) is 0 Å². The summed E-state index contributed by atoms with van der Waals surface area (Å²) in [5, 5.41) is 7.00. The molecule has 0 aliphatic carbocycles. The number of amides is 1. The maximum absolute atomic E-state index is 13.0. The van der Waals surface area contributed by atoms with E-state index in [2.05, 4.69) is 15.8 Å². The molecule has 0 spiro atoms. The molecule has 0 aromatic heterocycles. The maximum atomic E-state index is 13.0. The second kappa shape index (κ2) is 7.25. The number of nitrogens with zero attached hydrogens (tertiary/aromatic N) is 2. The number of hydrogen-bond donors (Lipinski definition) is 2. The predicted molar refractivity (Wildman–Crippen MR) is 106 cm³/mol. The maximum Gasteiger partial charge on any atom is 0.264 e. The summed E-state index contributed by atoms with van der Waals surface area (Å²) >= 11 is 0. The van der Waals surface area contributed by atoms with Crippen molar-refractivity contribution < 1.29 is 4.79 Å². The standard InChI is InChI=1S/C22H18N4O/c27-20-22(18-12-6-2-7-13-18,19-14-8-3-9-15-19)25-21(24-20)26-23-16-17-10-4-1-5-11-17/h1-16H,(H2,24,25,26,27)/b23-16+. The molecular weight excluding hydrogens is 336 g/mol. The van der Waals surface area contributed by atoms with E-state index in [0.717, 1.165) is 16.7 Å². The second-order valence-corrected chi connectivity index (χ2v) is 6.14. The molecule has 132 valence electrons. The molecule has 0 bridgehead atoms. The fourth-order valence-electron chi connectivity index (χ4n) is 3.12. The van der Waals surface area contributed by atoms with Gasteiger partial charge in [0.05, 0.1) is 6.21 Å². The van der Waals surface area contributed by atoms with E-state index in [1.165, 1.54) is 0 Å². The quantitative estimate of drug-likeness (QED) is 0.559. The van der Waals surface area contributed by atoms with Crippen LogP contribution in [0.2, 0.25) is 0 Å². The molecule has 0 radical (unpaired) electrons. The van der Waals surface area contributed by atoms with Crippen molar-refractivity contribution in [2.75, 3.05) is 0 Å². The fraction of sp³-hybridized carbons (Fsp3) is 0.0455. The molecule has 1 amide bonds. The first kappa shape index (κ1) is 16.7. The second-order valence-electron chi connectivity index (χ2n) is 6.14. The number of hydrazone groups is 1. The Morgan fingerprint density at radius 2 is 1.33 bits per heavy atom. The molecule has 1 aliphatic rings. The number of aliphatic imine (C=N–C) groups is 1. The molecule has 27 heavy (non-hydrogen) atoms. The van der Waals surface area contributed by atoms with Gasteiger partial charge in [-0.05, 0) is 16.7 Å². The Kier molecular flexibility index (Phi) is 4.49. The van der Waals surface area contributed by atoms with Crippen LogP contribution in [-0.4, -0.2) is 18.1 Å². The van der Waals surface area contributed by atoms with Gasteiger partial charge in [-0.2, -0.15) is 5.10 Å². The Morgan fingerprint density at radius 3 is 1.89 bits per heavy atom. The zero-order valence-electron chi connectivity index (χ0n) is 14.5. The Labute approximate surface area is 157 Å². The lowest BCUT2D eigenvalue weighted by atomic mass is 9.83. The Morgan fingerprint density at radius 1 is 0.815 bits per heavy atom. The number of rotatable bonds is 4. The van der Waals surface area contributed by atoms with Crippen LogP contribution >= 0.6 is 0 Å². The molecule has 0 fully saturated rings. The van der Waals surface area contributed by atoms with E-state index in [-0.39, 0.29) is 5.91 Å². The van der Waals surface area contributed by atoms with Gasteiger partial charge in [0, 0.05) is 0 Å². The van der Waals surface area contributed by atoms with Crippen LogP contribution in [0.5, 0.6) is 0 Å². The van der Waals surface area contributed by atoms with Crippen LogP contribution < -0.4 is 10.7 Å². The van der Waals surface area contributed by atoms with Gasteiger partial charge in [0.25, 0.3) is 5.91 Å². The average Bonchev–Trinajstić information content (AvgIpc) is 3.07. The van der Waals surface area contributed by atoms with Crippen molar-refractivity contribution in [1.82, 2.24) is 10.7 Å². The molecule has 0 saturated heterocycles. The van der Waals surface area contributed by atoms with Crippen LogP contribution in [0.4, 0.5) is 0 Å². The van der Waals surface area contributed by atoms with E-state index >= 15 is 0 Å². The molecule has 3 aromatic rings. The highest BCUT2D eigenvalue weighted by Gasteiger charge is 2.46. The van der Waals surface area contributed by atoms with E-state index in [4.69, 9.17) is 4.99 Å². The summed E-state index contributed by atoms with van der Waals surface area (Å²) in [5.41, 5.74) is 4.27. The van der Waals surface area contributed by atoms with Crippen LogP contribution in [-0.2, 0) is 10.3 Å². The minimum atomic E-state index is -1.13. The lowest BCUT2D eigenvalue weighted by Gasteiger charge is -2.24. The van der Waals surface area contributed by atoms with Gasteiger partial charge in [-0.1, -0.05) is 91.0 Å². The molecule has 1 aliphatic heterocycles. The topological polar surface area (TPSA) is 65.8 Å². The van der Waals surface area contributed by atoms with Crippen LogP contribution in [0.1, 0.15) is 16.7 Å². The highest BCUT2D eigenvalue weighted by molar-refractivity contribution is 6.09. The summed E-state index contributed by atoms with van der Waals surface area (Å²) in [6, 6.07) is 28.8. The smallest absolute Gasteiger partial charge is 0.264 e. The van der Waals surface area contributed by atoms with Gasteiger partial charge in [0.1, 0.15) is 0 Å². The highest BCUT2D eigenvalue weighted by atomic mass is 16.2. The number of nitrogens with one attached hydrogen (secondary N) is 2. The molecule has 5 nitrogen and oxygen atoms in total. The number of guanidine groups is 1.